The van der Waals surface area contributed by atoms with E-state index in [2.05, 4.69) is 5.32 Å². The molecule has 1 heterocycles. The fourth-order valence-corrected chi connectivity index (χ4v) is 1.90. The van der Waals surface area contributed by atoms with E-state index in [4.69, 9.17) is 9.47 Å². The molecule has 0 aliphatic carbocycles. The molecule has 2 rings (SSSR count). The van der Waals surface area contributed by atoms with Crippen LogP contribution in [0.25, 0.3) is 0 Å². The van der Waals surface area contributed by atoms with Crippen molar-refractivity contribution in [1.82, 2.24) is 0 Å². The van der Waals surface area contributed by atoms with Crippen molar-refractivity contribution >= 4 is 11.6 Å². The SMILES string of the molecule is Cc1cc2c(cc1NC(=O)CC(C)C)OCCO2. The summed E-state index contributed by atoms with van der Waals surface area (Å²) in [5.41, 5.74) is 1.78. The molecule has 4 heteroatoms. The molecule has 1 aliphatic rings. The van der Waals surface area contributed by atoms with Crippen molar-refractivity contribution in [3.8, 4) is 11.5 Å². The minimum Gasteiger partial charge on any atom is -0.486 e. The first-order valence-corrected chi connectivity index (χ1v) is 6.26. The van der Waals surface area contributed by atoms with E-state index in [1.165, 1.54) is 0 Å². The van der Waals surface area contributed by atoms with Gasteiger partial charge in [0.2, 0.25) is 5.91 Å². The maximum Gasteiger partial charge on any atom is 0.224 e. The average Bonchev–Trinajstić information content (AvgIpc) is 2.29. The summed E-state index contributed by atoms with van der Waals surface area (Å²) >= 11 is 0. The Balaban J connectivity index is 2.15. The Bertz CT molecular complexity index is 455. The van der Waals surface area contributed by atoms with E-state index in [0.717, 1.165) is 17.0 Å². The first-order chi connectivity index (χ1) is 8.56. The van der Waals surface area contributed by atoms with Crippen LogP contribution in [0.2, 0.25) is 0 Å². The van der Waals surface area contributed by atoms with Gasteiger partial charge < -0.3 is 14.8 Å². The summed E-state index contributed by atoms with van der Waals surface area (Å²) in [4.78, 5) is 11.8. The van der Waals surface area contributed by atoms with Gasteiger partial charge in [0.15, 0.2) is 11.5 Å². The summed E-state index contributed by atoms with van der Waals surface area (Å²) in [6.07, 6.45) is 0.522. The van der Waals surface area contributed by atoms with Gasteiger partial charge in [-0.1, -0.05) is 13.8 Å². The lowest BCUT2D eigenvalue weighted by atomic mass is 10.1. The highest BCUT2D eigenvalue weighted by Gasteiger charge is 2.15. The molecule has 1 aliphatic heterocycles. The van der Waals surface area contributed by atoms with Crippen molar-refractivity contribution in [3.63, 3.8) is 0 Å². The van der Waals surface area contributed by atoms with Crippen LogP contribution in [0.15, 0.2) is 12.1 Å². The van der Waals surface area contributed by atoms with Crippen molar-refractivity contribution in [1.29, 1.82) is 0 Å². The molecule has 0 aromatic heterocycles. The zero-order valence-electron chi connectivity index (χ0n) is 11.1. The Kier molecular flexibility index (Phi) is 3.75. The second-order valence-corrected chi connectivity index (χ2v) is 4.96. The number of ether oxygens (including phenoxy) is 2. The highest BCUT2D eigenvalue weighted by molar-refractivity contribution is 5.92. The van der Waals surface area contributed by atoms with Crippen LogP contribution in [0.3, 0.4) is 0 Å². The highest BCUT2D eigenvalue weighted by atomic mass is 16.6. The first kappa shape index (κ1) is 12.7. The monoisotopic (exact) mass is 249 g/mol. The molecular weight excluding hydrogens is 230 g/mol. The van der Waals surface area contributed by atoms with Crippen molar-refractivity contribution in [2.75, 3.05) is 18.5 Å². The predicted octanol–water partition coefficient (Wildman–Crippen LogP) is 2.75. The highest BCUT2D eigenvalue weighted by Crippen LogP contribution is 2.35. The van der Waals surface area contributed by atoms with Gasteiger partial charge in [-0.05, 0) is 24.5 Å². The number of aryl methyl sites for hydroxylation is 1. The number of anilines is 1. The van der Waals surface area contributed by atoms with Gasteiger partial charge in [0.25, 0.3) is 0 Å². The number of benzene rings is 1. The van der Waals surface area contributed by atoms with E-state index in [0.29, 0.717) is 31.3 Å². The number of amides is 1. The number of carbonyl (C=O) groups excluding carboxylic acids is 1. The van der Waals surface area contributed by atoms with Gasteiger partial charge in [-0.3, -0.25) is 4.79 Å². The molecule has 0 saturated heterocycles. The van der Waals surface area contributed by atoms with Crippen LogP contribution in [0.1, 0.15) is 25.8 Å². The van der Waals surface area contributed by atoms with Crippen LogP contribution in [-0.4, -0.2) is 19.1 Å². The smallest absolute Gasteiger partial charge is 0.224 e. The minimum atomic E-state index is 0.0322. The van der Waals surface area contributed by atoms with E-state index < -0.39 is 0 Å². The second kappa shape index (κ2) is 5.29. The van der Waals surface area contributed by atoms with Gasteiger partial charge in [-0.25, -0.2) is 0 Å². The molecule has 1 amide bonds. The van der Waals surface area contributed by atoms with Crippen LogP contribution >= 0.6 is 0 Å². The summed E-state index contributed by atoms with van der Waals surface area (Å²) in [7, 11) is 0. The summed E-state index contributed by atoms with van der Waals surface area (Å²) < 4.78 is 11.0. The third kappa shape index (κ3) is 2.94. The van der Waals surface area contributed by atoms with Crippen LogP contribution in [0, 0.1) is 12.8 Å². The molecule has 0 spiro atoms. The van der Waals surface area contributed by atoms with Gasteiger partial charge in [0, 0.05) is 18.2 Å². The maximum absolute atomic E-state index is 11.8. The van der Waals surface area contributed by atoms with Crippen molar-refractivity contribution < 1.29 is 14.3 Å². The second-order valence-electron chi connectivity index (χ2n) is 4.96. The number of nitrogens with one attached hydrogen (secondary N) is 1. The fraction of sp³-hybridized carbons (Fsp3) is 0.500. The van der Waals surface area contributed by atoms with E-state index in [1.54, 1.807) is 0 Å². The van der Waals surface area contributed by atoms with E-state index >= 15 is 0 Å². The van der Waals surface area contributed by atoms with Crippen LogP contribution in [0.5, 0.6) is 11.5 Å². The Morgan fingerprint density at radius 3 is 2.50 bits per heavy atom. The van der Waals surface area contributed by atoms with E-state index in [1.807, 2.05) is 32.9 Å². The number of carbonyl (C=O) groups is 1. The van der Waals surface area contributed by atoms with Gasteiger partial charge >= 0.3 is 0 Å². The number of fused-ring (bicyclic) bond motifs is 1. The molecule has 0 unspecified atom stereocenters. The molecule has 0 fully saturated rings. The van der Waals surface area contributed by atoms with E-state index in [-0.39, 0.29) is 5.91 Å². The number of hydrogen-bond acceptors (Lipinski definition) is 3. The summed E-state index contributed by atoms with van der Waals surface area (Å²) in [5.74, 6) is 1.83. The molecule has 18 heavy (non-hydrogen) atoms. The zero-order chi connectivity index (χ0) is 13.1. The maximum atomic E-state index is 11.8. The summed E-state index contributed by atoms with van der Waals surface area (Å²) in [6.45, 7) is 7.12. The van der Waals surface area contributed by atoms with Gasteiger partial charge in [0.05, 0.1) is 0 Å². The molecule has 1 N–H and O–H groups in total. The molecule has 98 valence electrons. The lowest BCUT2D eigenvalue weighted by Gasteiger charge is -2.20. The normalized spacial score (nSPS) is 13.6. The lowest BCUT2D eigenvalue weighted by molar-refractivity contribution is -0.116. The lowest BCUT2D eigenvalue weighted by Crippen LogP contribution is -2.17. The van der Waals surface area contributed by atoms with Crippen LogP contribution < -0.4 is 14.8 Å². The number of rotatable bonds is 3. The zero-order valence-corrected chi connectivity index (χ0v) is 11.1. The average molecular weight is 249 g/mol. The van der Waals surface area contributed by atoms with Gasteiger partial charge in [0.1, 0.15) is 13.2 Å². The van der Waals surface area contributed by atoms with Crippen LogP contribution in [0.4, 0.5) is 5.69 Å². The first-order valence-electron chi connectivity index (χ1n) is 6.26. The van der Waals surface area contributed by atoms with Crippen molar-refractivity contribution in [2.45, 2.75) is 27.2 Å². The molecule has 1 aromatic rings. The van der Waals surface area contributed by atoms with Crippen molar-refractivity contribution in [2.24, 2.45) is 5.92 Å². The number of hydrogen-bond donors (Lipinski definition) is 1. The fourth-order valence-electron chi connectivity index (χ4n) is 1.90. The Morgan fingerprint density at radius 1 is 1.28 bits per heavy atom. The molecular formula is C14H19NO3. The van der Waals surface area contributed by atoms with E-state index in [9.17, 15) is 4.79 Å². The van der Waals surface area contributed by atoms with Crippen molar-refractivity contribution in [3.05, 3.63) is 17.7 Å². The van der Waals surface area contributed by atoms with Crippen LogP contribution in [-0.2, 0) is 4.79 Å². The largest absolute Gasteiger partial charge is 0.486 e. The third-order valence-corrected chi connectivity index (χ3v) is 2.76. The molecule has 0 bridgehead atoms. The predicted molar refractivity (Wildman–Crippen MR) is 70.3 cm³/mol. The molecule has 4 nitrogen and oxygen atoms in total. The topological polar surface area (TPSA) is 47.6 Å². The Morgan fingerprint density at radius 2 is 1.89 bits per heavy atom. The van der Waals surface area contributed by atoms with Gasteiger partial charge in [-0.2, -0.15) is 0 Å². The quantitative estimate of drug-likeness (QED) is 0.896. The summed E-state index contributed by atoms with van der Waals surface area (Å²) in [5, 5.41) is 2.92. The Labute approximate surface area is 107 Å². The third-order valence-electron chi connectivity index (χ3n) is 2.76. The molecule has 0 atom stereocenters. The summed E-state index contributed by atoms with van der Waals surface area (Å²) in [6, 6.07) is 3.74. The molecule has 1 aromatic carbocycles. The standard InChI is InChI=1S/C14H19NO3/c1-9(2)6-14(16)15-11-8-13-12(7-10(11)3)17-4-5-18-13/h7-9H,4-6H2,1-3H3,(H,15,16). The Hall–Kier alpha value is -1.71. The minimum absolute atomic E-state index is 0.0322. The molecule has 0 radical (unpaired) electrons. The van der Waals surface area contributed by atoms with Gasteiger partial charge in [-0.15, -0.1) is 0 Å². The molecule has 0 saturated carbocycles.